The Balaban J connectivity index is 1.64. The minimum Gasteiger partial charge on any atom is -0.368 e. The van der Waals surface area contributed by atoms with Crippen LogP contribution in [0, 0.1) is 0 Å². The van der Waals surface area contributed by atoms with E-state index in [4.69, 9.17) is 23.2 Å². The van der Waals surface area contributed by atoms with Gasteiger partial charge in [0.15, 0.2) is 5.82 Å². The van der Waals surface area contributed by atoms with Crippen molar-refractivity contribution in [2.45, 2.75) is 6.42 Å². The van der Waals surface area contributed by atoms with Gasteiger partial charge in [-0.3, -0.25) is 0 Å². The largest absolute Gasteiger partial charge is 0.368 e. The summed E-state index contributed by atoms with van der Waals surface area (Å²) in [7, 11) is 0. The fourth-order valence-electron chi connectivity index (χ4n) is 2.15. The van der Waals surface area contributed by atoms with Gasteiger partial charge in [0.25, 0.3) is 0 Å². The maximum Gasteiger partial charge on any atom is 0.249 e. The molecule has 0 amide bonds. The van der Waals surface area contributed by atoms with E-state index in [1.165, 1.54) is 5.56 Å². The smallest absolute Gasteiger partial charge is 0.249 e. The zero-order chi connectivity index (χ0) is 16.8. The molecule has 0 radical (unpaired) electrons. The Hall–Kier alpha value is -2.37. The number of rotatable bonds is 6. The molecule has 122 valence electrons. The van der Waals surface area contributed by atoms with Gasteiger partial charge in [-0.25, -0.2) is 0 Å². The van der Waals surface area contributed by atoms with Gasteiger partial charge >= 0.3 is 0 Å². The monoisotopic (exact) mass is 359 g/mol. The van der Waals surface area contributed by atoms with Crippen LogP contribution < -0.4 is 10.6 Å². The Morgan fingerprint density at radius 1 is 0.917 bits per heavy atom. The lowest BCUT2D eigenvalue weighted by Gasteiger charge is -2.10. The lowest BCUT2D eigenvalue weighted by atomic mass is 10.1. The highest BCUT2D eigenvalue weighted by atomic mass is 35.5. The van der Waals surface area contributed by atoms with Crippen molar-refractivity contribution in [3.05, 3.63) is 70.3 Å². The van der Waals surface area contributed by atoms with Crippen molar-refractivity contribution >= 4 is 40.7 Å². The number of hydrogen-bond donors (Lipinski definition) is 2. The molecule has 2 N–H and O–H groups in total. The molecule has 1 aromatic heterocycles. The third kappa shape index (κ3) is 4.34. The summed E-state index contributed by atoms with van der Waals surface area (Å²) in [6, 6.07) is 15.5. The quantitative estimate of drug-likeness (QED) is 0.674. The molecule has 3 rings (SSSR count). The van der Waals surface area contributed by atoms with Gasteiger partial charge in [-0.05, 0) is 24.1 Å². The molecule has 2 aromatic carbocycles. The first-order valence-electron chi connectivity index (χ1n) is 7.41. The molecule has 7 heteroatoms. The predicted octanol–water partition coefficient (Wildman–Crippen LogP) is 4.58. The van der Waals surface area contributed by atoms with E-state index in [0.29, 0.717) is 27.5 Å². The lowest BCUT2D eigenvalue weighted by molar-refractivity contribution is 0.950. The van der Waals surface area contributed by atoms with Gasteiger partial charge in [0.05, 0.1) is 21.9 Å². The molecule has 3 aromatic rings. The molecule has 0 atom stereocenters. The zero-order valence-corrected chi connectivity index (χ0v) is 14.2. The average molecular weight is 360 g/mol. The van der Waals surface area contributed by atoms with Crippen LogP contribution in [0.2, 0.25) is 10.0 Å². The molecule has 0 aliphatic heterocycles. The molecule has 5 nitrogen and oxygen atoms in total. The van der Waals surface area contributed by atoms with Gasteiger partial charge in [-0.15, -0.1) is 5.10 Å². The molecule has 0 saturated heterocycles. The lowest BCUT2D eigenvalue weighted by Crippen LogP contribution is -2.09. The van der Waals surface area contributed by atoms with Crippen LogP contribution in [-0.2, 0) is 6.42 Å². The van der Waals surface area contributed by atoms with Gasteiger partial charge in [-0.2, -0.15) is 10.1 Å². The summed E-state index contributed by atoms with van der Waals surface area (Å²) in [5.74, 6) is 0.960. The van der Waals surface area contributed by atoms with Gasteiger partial charge < -0.3 is 10.6 Å². The maximum atomic E-state index is 6.13. The van der Waals surface area contributed by atoms with Crippen molar-refractivity contribution in [1.29, 1.82) is 0 Å². The first kappa shape index (κ1) is 16.5. The maximum absolute atomic E-state index is 6.13. The second-order valence-corrected chi connectivity index (χ2v) is 5.86. The van der Waals surface area contributed by atoms with Crippen LogP contribution >= 0.6 is 23.2 Å². The number of halogens is 2. The van der Waals surface area contributed by atoms with Crippen molar-refractivity contribution in [3.63, 3.8) is 0 Å². The second kappa shape index (κ2) is 7.95. The Kier molecular flexibility index (Phi) is 5.46. The standard InChI is InChI=1S/C17H15Cl2N5/c18-13-7-4-8-14(19)16(13)23-17-22-15(11-21-24-17)20-10-9-12-5-2-1-3-6-12/h1-8,11H,9-10H2,(H2,20,22,23,24). The van der Waals surface area contributed by atoms with Crippen LogP contribution in [0.25, 0.3) is 0 Å². The molecule has 0 spiro atoms. The van der Waals surface area contributed by atoms with Gasteiger partial charge in [0.1, 0.15) is 0 Å². The first-order chi connectivity index (χ1) is 11.7. The van der Waals surface area contributed by atoms with E-state index in [1.54, 1.807) is 24.4 Å². The number of benzene rings is 2. The fraction of sp³-hybridized carbons (Fsp3) is 0.118. The van der Waals surface area contributed by atoms with E-state index in [9.17, 15) is 0 Å². The van der Waals surface area contributed by atoms with Crippen molar-refractivity contribution < 1.29 is 0 Å². The summed E-state index contributed by atoms with van der Waals surface area (Å²) in [6.45, 7) is 0.745. The molecular formula is C17H15Cl2N5. The van der Waals surface area contributed by atoms with Gasteiger partial charge in [0, 0.05) is 6.54 Å². The number of para-hydroxylation sites is 1. The van der Waals surface area contributed by atoms with E-state index in [0.717, 1.165) is 13.0 Å². The second-order valence-electron chi connectivity index (χ2n) is 5.05. The highest BCUT2D eigenvalue weighted by molar-refractivity contribution is 6.39. The van der Waals surface area contributed by atoms with E-state index in [1.807, 2.05) is 18.2 Å². The van der Waals surface area contributed by atoms with E-state index in [2.05, 4.69) is 37.9 Å². The topological polar surface area (TPSA) is 62.7 Å². The third-order valence-electron chi connectivity index (χ3n) is 3.32. The van der Waals surface area contributed by atoms with Crippen LogP contribution in [0.1, 0.15) is 5.56 Å². The van der Waals surface area contributed by atoms with Crippen molar-refractivity contribution in [3.8, 4) is 0 Å². The molecule has 0 saturated carbocycles. The minimum atomic E-state index is 0.328. The van der Waals surface area contributed by atoms with Gasteiger partial charge in [-0.1, -0.05) is 59.6 Å². The molecular weight excluding hydrogens is 345 g/mol. The van der Waals surface area contributed by atoms with E-state index < -0.39 is 0 Å². The number of nitrogens with one attached hydrogen (secondary N) is 2. The van der Waals surface area contributed by atoms with Crippen LogP contribution in [0.4, 0.5) is 17.5 Å². The molecule has 0 bridgehead atoms. The fourth-order valence-corrected chi connectivity index (χ4v) is 2.64. The highest BCUT2D eigenvalue weighted by Crippen LogP contribution is 2.31. The Morgan fingerprint density at radius 2 is 1.67 bits per heavy atom. The molecule has 1 heterocycles. The summed E-state index contributed by atoms with van der Waals surface area (Å²) < 4.78 is 0. The van der Waals surface area contributed by atoms with Crippen LogP contribution in [-0.4, -0.2) is 21.7 Å². The number of anilines is 3. The minimum absolute atomic E-state index is 0.328. The summed E-state index contributed by atoms with van der Waals surface area (Å²) in [4.78, 5) is 4.37. The van der Waals surface area contributed by atoms with Crippen LogP contribution in [0.3, 0.4) is 0 Å². The highest BCUT2D eigenvalue weighted by Gasteiger charge is 2.08. The Bertz CT molecular complexity index is 791. The van der Waals surface area contributed by atoms with Gasteiger partial charge in [0.2, 0.25) is 5.95 Å². The Labute approximate surface area is 150 Å². The van der Waals surface area contributed by atoms with Crippen molar-refractivity contribution in [2.24, 2.45) is 0 Å². The average Bonchev–Trinajstić information content (AvgIpc) is 2.60. The molecule has 0 fully saturated rings. The first-order valence-corrected chi connectivity index (χ1v) is 8.16. The predicted molar refractivity (Wildman–Crippen MR) is 98.2 cm³/mol. The summed E-state index contributed by atoms with van der Waals surface area (Å²) in [5, 5.41) is 15.1. The van der Waals surface area contributed by atoms with Crippen LogP contribution in [0.15, 0.2) is 54.7 Å². The summed E-state index contributed by atoms with van der Waals surface area (Å²) in [6.07, 6.45) is 2.47. The number of aromatic nitrogens is 3. The molecule has 0 unspecified atom stereocenters. The van der Waals surface area contributed by atoms with E-state index in [-0.39, 0.29) is 0 Å². The zero-order valence-electron chi connectivity index (χ0n) is 12.7. The van der Waals surface area contributed by atoms with Crippen molar-refractivity contribution in [2.75, 3.05) is 17.2 Å². The normalized spacial score (nSPS) is 10.4. The Morgan fingerprint density at radius 3 is 2.42 bits per heavy atom. The molecule has 0 aliphatic rings. The van der Waals surface area contributed by atoms with Crippen LogP contribution in [0.5, 0.6) is 0 Å². The van der Waals surface area contributed by atoms with Crippen molar-refractivity contribution in [1.82, 2.24) is 15.2 Å². The number of nitrogens with zero attached hydrogens (tertiary/aromatic N) is 3. The molecule has 0 aliphatic carbocycles. The SMILES string of the molecule is Clc1cccc(Cl)c1Nc1nncc(NCCc2ccccc2)n1. The third-order valence-corrected chi connectivity index (χ3v) is 3.95. The number of hydrogen-bond acceptors (Lipinski definition) is 5. The van der Waals surface area contributed by atoms with E-state index >= 15 is 0 Å². The molecule has 24 heavy (non-hydrogen) atoms. The summed E-state index contributed by atoms with van der Waals surface area (Å²) in [5.41, 5.74) is 1.82. The summed E-state index contributed by atoms with van der Waals surface area (Å²) >= 11 is 12.3.